The van der Waals surface area contributed by atoms with Crippen LogP contribution in [0.15, 0.2) is 36.4 Å². The van der Waals surface area contributed by atoms with E-state index in [0.717, 1.165) is 12.2 Å². The second kappa shape index (κ2) is 5.33. The van der Waals surface area contributed by atoms with Gasteiger partial charge < -0.3 is 14.8 Å². The van der Waals surface area contributed by atoms with Gasteiger partial charge in [0.15, 0.2) is 6.67 Å². The normalized spacial score (nSPS) is 21.9. The highest BCUT2D eigenvalue weighted by molar-refractivity contribution is 5.66. The molecule has 2 aromatic carbocycles. The second-order valence-corrected chi connectivity index (χ2v) is 7.97. The van der Waals surface area contributed by atoms with Gasteiger partial charge >= 0.3 is 0 Å². The first kappa shape index (κ1) is 15.7. The van der Waals surface area contributed by atoms with E-state index in [0.29, 0.717) is 25.0 Å². The first-order chi connectivity index (χ1) is 11.4. The van der Waals surface area contributed by atoms with E-state index in [9.17, 15) is 5.21 Å². The molecule has 3 heteroatoms. The van der Waals surface area contributed by atoms with Gasteiger partial charge in [0.2, 0.25) is 0 Å². The van der Waals surface area contributed by atoms with Gasteiger partial charge in [-0.05, 0) is 41.2 Å². The van der Waals surface area contributed by atoms with Crippen LogP contribution in [0.25, 0.3) is 0 Å². The van der Waals surface area contributed by atoms with Gasteiger partial charge in [-0.2, -0.15) is 0 Å². The molecule has 3 nitrogen and oxygen atoms in total. The van der Waals surface area contributed by atoms with Gasteiger partial charge in [0, 0.05) is 17.2 Å². The monoisotopic (exact) mass is 322 g/mol. The maximum Gasteiger partial charge on any atom is 0.159 e. The van der Waals surface area contributed by atoms with E-state index in [1.54, 1.807) is 0 Å². The molecule has 1 atom stereocenters. The summed E-state index contributed by atoms with van der Waals surface area (Å²) in [7, 11) is 0. The lowest BCUT2D eigenvalue weighted by atomic mass is 9.93. The molecule has 2 bridgehead atoms. The van der Waals surface area contributed by atoms with Crippen molar-refractivity contribution in [2.45, 2.75) is 52.6 Å². The maximum absolute atomic E-state index is 13.6. The summed E-state index contributed by atoms with van der Waals surface area (Å²) in [6, 6.07) is 13.1. The number of nitrogens with zero attached hydrogens (tertiary/aromatic N) is 2. The van der Waals surface area contributed by atoms with Crippen molar-refractivity contribution in [3.05, 3.63) is 63.9 Å². The molecule has 0 saturated carbocycles. The van der Waals surface area contributed by atoms with Gasteiger partial charge in [-0.15, -0.1) is 0 Å². The third-order valence-electron chi connectivity index (χ3n) is 5.51. The lowest BCUT2D eigenvalue weighted by Gasteiger charge is -2.53. The van der Waals surface area contributed by atoms with Crippen molar-refractivity contribution >= 4 is 11.4 Å². The van der Waals surface area contributed by atoms with Crippen molar-refractivity contribution < 1.29 is 0 Å². The zero-order chi connectivity index (χ0) is 17.1. The van der Waals surface area contributed by atoms with Crippen LogP contribution in [-0.2, 0) is 13.1 Å². The average molecular weight is 322 g/mol. The van der Waals surface area contributed by atoms with Crippen LogP contribution in [0.3, 0.4) is 0 Å². The smallest absolute Gasteiger partial charge is 0.159 e. The topological polar surface area (TPSA) is 26.3 Å². The van der Waals surface area contributed by atoms with Crippen molar-refractivity contribution in [2.24, 2.45) is 0 Å². The number of benzene rings is 2. The van der Waals surface area contributed by atoms with Crippen LogP contribution >= 0.6 is 0 Å². The van der Waals surface area contributed by atoms with Gasteiger partial charge in [-0.25, -0.2) is 0 Å². The summed E-state index contributed by atoms with van der Waals surface area (Å²) in [5.74, 6) is 0.978. The fourth-order valence-electron chi connectivity index (χ4n) is 4.07. The summed E-state index contributed by atoms with van der Waals surface area (Å²) in [6.07, 6.45) is 0. The number of anilines is 1. The molecule has 0 unspecified atom stereocenters. The molecule has 126 valence electrons. The fraction of sp³-hybridized carbons (Fsp3) is 0.429. The molecule has 0 N–H and O–H groups in total. The molecule has 24 heavy (non-hydrogen) atoms. The average Bonchev–Trinajstić information content (AvgIpc) is 2.53. The van der Waals surface area contributed by atoms with Crippen LogP contribution in [0.4, 0.5) is 11.4 Å². The fourth-order valence-corrected chi connectivity index (χ4v) is 4.07. The van der Waals surface area contributed by atoms with Crippen LogP contribution in [0.5, 0.6) is 0 Å². The zero-order valence-electron chi connectivity index (χ0n) is 15.0. The first-order valence-corrected chi connectivity index (χ1v) is 8.96. The minimum absolute atomic E-state index is 0.248. The molecule has 0 amide bonds. The molecular weight excluding hydrogens is 296 g/mol. The Balaban J connectivity index is 1.80. The molecule has 0 saturated heterocycles. The number of quaternary nitrogens is 1. The Labute approximate surface area is 144 Å². The number of hydrogen-bond donors (Lipinski definition) is 0. The van der Waals surface area contributed by atoms with Crippen molar-refractivity contribution in [1.29, 1.82) is 0 Å². The third kappa shape index (κ3) is 2.35. The Morgan fingerprint density at radius 2 is 1.54 bits per heavy atom. The third-order valence-corrected chi connectivity index (χ3v) is 5.51. The Hall–Kier alpha value is -1.84. The van der Waals surface area contributed by atoms with E-state index >= 15 is 0 Å². The number of hydrogen-bond acceptors (Lipinski definition) is 2. The number of fused-ring (bicyclic) bond motifs is 6. The van der Waals surface area contributed by atoms with Gasteiger partial charge in [0.25, 0.3) is 0 Å². The quantitative estimate of drug-likeness (QED) is 0.559. The minimum Gasteiger partial charge on any atom is -0.626 e. The van der Waals surface area contributed by atoms with Gasteiger partial charge in [-0.3, -0.25) is 0 Å². The van der Waals surface area contributed by atoms with Crippen LogP contribution in [0.1, 0.15) is 61.8 Å². The van der Waals surface area contributed by atoms with E-state index in [2.05, 4.69) is 69.0 Å². The van der Waals surface area contributed by atoms with E-state index in [-0.39, 0.29) is 4.65 Å². The van der Waals surface area contributed by atoms with Crippen molar-refractivity contribution in [2.75, 3.05) is 11.6 Å². The van der Waals surface area contributed by atoms with Crippen molar-refractivity contribution in [1.82, 2.24) is 4.65 Å². The summed E-state index contributed by atoms with van der Waals surface area (Å²) in [5, 5.41) is 13.6. The standard InChI is InChI=1S/C21H26N2O/c1-14(2)16-5-7-20-19(10-16)12-23(24)13-22(20)11-18-9-17(15(3)4)6-8-21(18)23/h5-10,14-15H,11-13H2,1-4H3/t23-/m1/s1. The summed E-state index contributed by atoms with van der Waals surface area (Å²) in [4.78, 5) is 2.27. The minimum atomic E-state index is -0.248. The van der Waals surface area contributed by atoms with E-state index in [4.69, 9.17) is 0 Å². The second-order valence-electron chi connectivity index (χ2n) is 7.97. The largest absolute Gasteiger partial charge is 0.626 e. The van der Waals surface area contributed by atoms with Gasteiger partial charge in [0.05, 0.1) is 12.2 Å². The van der Waals surface area contributed by atoms with Gasteiger partial charge in [-0.1, -0.05) is 39.8 Å². The Bertz CT molecular complexity index is 796. The summed E-state index contributed by atoms with van der Waals surface area (Å²) in [5.41, 5.74) is 7.22. The molecule has 0 aromatic heterocycles. The molecule has 0 fully saturated rings. The molecule has 4 rings (SSSR count). The molecule has 0 aliphatic carbocycles. The lowest BCUT2D eigenvalue weighted by molar-refractivity contribution is 0.323. The summed E-state index contributed by atoms with van der Waals surface area (Å²) in [6.45, 7) is 10.7. The first-order valence-electron chi connectivity index (χ1n) is 8.96. The predicted octanol–water partition coefficient (Wildman–Crippen LogP) is 5.23. The molecule has 2 heterocycles. The highest BCUT2D eigenvalue weighted by Crippen LogP contribution is 2.43. The molecular formula is C21H26N2O. The molecule has 2 aromatic rings. The van der Waals surface area contributed by atoms with Crippen LogP contribution < -0.4 is 9.55 Å². The van der Waals surface area contributed by atoms with Crippen LogP contribution in [0, 0.1) is 5.21 Å². The highest BCUT2D eigenvalue weighted by Gasteiger charge is 2.38. The van der Waals surface area contributed by atoms with Crippen LogP contribution in [0.2, 0.25) is 0 Å². The SMILES string of the molecule is CC(C)c1ccc2c(c1)C[N@@+]1([O-])CN2Cc2cc(C(C)C)ccc21. The Kier molecular flexibility index (Phi) is 3.48. The Morgan fingerprint density at radius 1 is 0.917 bits per heavy atom. The molecule has 0 spiro atoms. The molecule has 2 aliphatic rings. The van der Waals surface area contributed by atoms with Crippen molar-refractivity contribution in [3.8, 4) is 0 Å². The summed E-state index contributed by atoms with van der Waals surface area (Å²) >= 11 is 0. The predicted molar refractivity (Wildman–Crippen MR) is 101 cm³/mol. The van der Waals surface area contributed by atoms with Gasteiger partial charge in [0.1, 0.15) is 12.2 Å². The molecule has 0 radical (unpaired) electrons. The van der Waals surface area contributed by atoms with E-state index < -0.39 is 0 Å². The summed E-state index contributed by atoms with van der Waals surface area (Å²) < 4.78 is -0.248. The molecule has 2 aliphatic heterocycles. The Morgan fingerprint density at radius 3 is 2.21 bits per heavy atom. The lowest BCUT2D eigenvalue weighted by Crippen LogP contribution is -2.57. The maximum atomic E-state index is 13.6. The zero-order valence-corrected chi connectivity index (χ0v) is 15.0. The number of hydroxylamine groups is 2. The van der Waals surface area contributed by atoms with Crippen LogP contribution in [-0.4, -0.2) is 6.67 Å². The van der Waals surface area contributed by atoms with Crippen molar-refractivity contribution in [3.63, 3.8) is 0 Å². The highest BCUT2D eigenvalue weighted by atomic mass is 16.5. The van der Waals surface area contributed by atoms with E-state index in [1.165, 1.54) is 27.9 Å². The number of rotatable bonds is 2. The van der Waals surface area contributed by atoms with E-state index in [1.807, 2.05) is 0 Å².